The van der Waals surface area contributed by atoms with E-state index in [1.54, 1.807) is 24.3 Å². The number of nitrogens with one attached hydrogen (secondary N) is 3. The number of aliphatic imine (C=N–C) groups is 1. The fourth-order valence-corrected chi connectivity index (χ4v) is 3.24. The van der Waals surface area contributed by atoms with Crippen molar-refractivity contribution in [2.75, 3.05) is 39.3 Å². The van der Waals surface area contributed by atoms with Crippen LogP contribution in [0.15, 0.2) is 29.3 Å². The Bertz CT molecular complexity index is 596. The van der Waals surface area contributed by atoms with Gasteiger partial charge in [-0.25, -0.2) is 0 Å². The Balaban J connectivity index is 0.00000364. The normalized spacial score (nSPS) is 17.3. The fourth-order valence-electron chi connectivity index (χ4n) is 3.12. The highest BCUT2D eigenvalue weighted by Crippen LogP contribution is 2.16. The van der Waals surface area contributed by atoms with Crippen molar-refractivity contribution in [3.8, 4) is 0 Å². The zero-order chi connectivity index (χ0) is 18.8. The van der Waals surface area contributed by atoms with Crippen molar-refractivity contribution < 1.29 is 4.79 Å². The van der Waals surface area contributed by atoms with Gasteiger partial charge in [-0.3, -0.25) is 14.7 Å². The van der Waals surface area contributed by atoms with E-state index in [-0.39, 0.29) is 29.9 Å². The number of nitrogens with zero attached hydrogens (tertiary/aromatic N) is 2. The lowest BCUT2D eigenvalue weighted by atomic mass is 10.2. The summed E-state index contributed by atoms with van der Waals surface area (Å²) in [6, 6.07) is 7.41. The largest absolute Gasteiger partial charge is 0.357 e. The number of benzene rings is 1. The number of carbonyl (C=O) groups is 1. The van der Waals surface area contributed by atoms with Crippen LogP contribution in [0.2, 0.25) is 5.02 Å². The molecule has 0 spiro atoms. The minimum atomic E-state index is -0.102. The predicted molar refractivity (Wildman–Crippen MR) is 123 cm³/mol. The maximum atomic E-state index is 12.1. The third-order valence-electron chi connectivity index (χ3n) is 4.52. The van der Waals surface area contributed by atoms with Gasteiger partial charge in [-0.15, -0.1) is 24.0 Å². The Morgan fingerprint density at radius 3 is 2.56 bits per heavy atom. The first-order valence-corrected chi connectivity index (χ1v) is 9.81. The van der Waals surface area contributed by atoms with Crippen LogP contribution in [0.3, 0.4) is 0 Å². The molecule has 1 heterocycles. The van der Waals surface area contributed by atoms with Crippen LogP contribution in [-0.4, -0.2) is 62.1 Å². The second-order valence-corrected chi connectivity index (χ2v) is 6.77. The van der Waals surface area contributed by atoms with Crippen molar-refractivity contribution in [2.24, 2.45) is 4.99 Å². The van der Waals surface area contributed by atoms with Crippen molar-refractivity contribution in [1.82, 2.24) is 20.9 Å². The first kappa shape index (κ1) is 24.0. The maximum Gasteiger partial charge on any atom is 0.251 e. The third kappa shape index (κ3) is 8.23. The van der Waals surface area contributed by atoms with Gasteiger partial charge in [0.15, 0.2) is 5.96 Å². The molecule has 1 saturated heterocycles. The molecule has 3 N–H and O–H groups in total. The van der Waals surface area contributed by atoms with E-state index < -0.39 is 0 Å². The molecular weight excluding hydrogens is 477 g/mol. The molecule has 6 nitrogen and oxygen atoms in total. The molecule has 2 rings (SSSR count). The second-order valence-electron chi connectivity index (χ2n) is 6.33. The van der Waals surface area contributed by atoms with E-state index >= 15 is 0 Å². The number of amides is 1. The number of carbonyl (C=O) groups excluding carboxylic acids is 1. The van der Waals surface area contributed by atoms with E-state index in [1.807, 2.05) is 6.92 Å². The predicted octanol–water partition coefficient (Wildman–Crippen LogP) is 2.73. The second kappa shape index (κ2) is 13.2. The minimum absolute atomic E-state index is 0. The SMILES string of the molecule is CCNC(=NCC1CCCN1CC)NCCNC(=O)c1ccc(Cl)cc1.I. The summed E-state index contributed by atoms with van der Waals surface area (Å²) in [5.41, 5.74) is 0.607. The number of rotatable bonds is 8. The molecule has 1 amide bonds. The Kier molecular flexibility index (Phi) is 11.7. The molecule has 0 radical (unpaired) electrons. The summed E-state index contributed by atoms with van der Waals surface area (Å²) >= 11 is 5.84. The first-order chi connectivity index (χ1) is 12.6. The van der Waals surface area contributed by atoms with Crippen LogP contribution in [0.4, 0.5) is 0 Å². The number of hydrogen-bond acceptors (Lipinski definition) is 3. The summed E-state index contributed by atoms with van der Waals surface area (Å²) in [5, 5.41) is 10.1. The van der Waals surface area contributed by atoms with Crippen LogP contribution in [0.5, 0.6) is 0 Å². The molecule has 0 saturated carbocycles. The van der Waals surface area contributed by atoms with Gasteiger partial charge in [0.25, 0.3) is 5.91 Å². The zero-order valence-electron chi connectivity index (χ0n) is 16.1. The standard InChI is InChI=1S/C19H30ClN5O.HI/c1-3-21-19(24-14-17-6-5-13-25(17)4-2)23-12-11-22-18(26)15-7-9-16(20)10-8-15;/h7-10,17H,3-6,11-14H2,1-2H3,(H,22,26)(H2,21,23,24);1H. The Morgan fingerprint density at radius 2 is 1.89 bits per heavy atom. The molecule has 1 aromatic carbocycles. The molecule has 1 aliphatic rings. The van der Waals surface area contributed by atoms with Crippen molar-refractivity contribution in [1.29, 1.82) is 0 Å². The average Bonchev–Trinajstić information content (AvgIpc) is 3.11. The molecule has 1 aromatic rings. The quantitative estimate of drug-likeness (QED) is 0.219. The van der Waals surface area contributed by atoms with Gasteiger partial charge < -0.3 is 16.0 Å². The lowest BCUT2D eigenvalue weighted by Crippen LogP contribution is -2.42. The lowest BCUT2D eigenvalue weighted by Gasteiger charge is -2.21. The number of hydrogen-bond donors (Lipinski definition) is 3. The van der Waals surface area contributed by atoms with Crippen molar-refractivity contribution in [2.45, 2.75) is 32.7 Å². The summed E-state index contributed by atoms with van der Waals surface area (Å²) in [6.07, 6.45) is 2.47. The Hall–Kier alpha value is -1.06. The zero-order valence-corrected chi connectivity index (χ0v) is 19.2. The van der Waals surface area contributed by atoms with Gasteiger partial charge in [0.2, 0.25) is 0 Å². The van der Waals surface area contributed by atoms with Crippen LogP contribution in [0.1, 0.15) is 37.0 Å². The fraction of sp³-hybridized carbons (Fsp3) is 0.579. The van der Waals surface area contributed by atoms with Gasteiger partial charge in [-0.05, 0) is 57.1 Å². The average molecular weight is 508 g/mol. The number of likely N-dealkylation sites (N-methyl/N-ethyl adjacent to an activating group) is 1. The molecule has 0 bridgehead atoms. The molecule has 152 valence electrons. The van der Waals surface area contributed by atoms with Crippen LogP contribution >= 0.6 is 35.6 Å². The van der Waals surface area contributed by atoms with E-state index in [4.69, 9.17) is 16.6 Å². The minimum Gasteiger partial charge on any atom is -0.357 e. The van der Waals surface area contributed by atoms with Gasteiger partial charge >= 0.3 is 0 Å². The summed E-state index contributed by atoms with van der Waals surface area (Å²) in [7, 11) is 0. The maximum absolute atomic E-state index is 12.1. The molecule has 1 fully saturated rings. The van der Waals surface area contributed by atoms with Crippen molar-refractivity contribution in [3.63, 3.8) is 0 Å². The summed E-state index contributed by atoms with van der Waals surface area (Å²) in [4.78, 5) is 19.3. The van der Waals surface area contributed by atoms with Crippen LogP contribution in [-0.2, 0) is 0 Å². The van der Waals surface area contributed by atoms with Gasteiger partial charge in [0.1, 0.15) is 0 Å². The highest BCUT2D eigenvalue weighted by atomic mass is 127. The van der Waals surface area contributed by atoms with Crippen molar-refractivity contribution in [3.05, 3.63) is 34.9 Å². The third-order valence-corrected chi connectivity index (χ3v) is 4.77. The smallest absolute Gasteiger partial charge is 0.251 e. The van der Waals surface area contributed by atoms with E-state index in [0.717, 1.165) is 25.6 Å². The molecular formula is C19H31ClIN5O. The number of halogens is 2. The Morgan fingerprint density at radius 1 is 1.19 bits per heavy atom. The Labute approximate surface area is 184 Å². The molecule has 1 unspecified atom stereocenters. The monoisotopic (exact) mass is 507 g/mol. The van der Waals surface area contributed by atoms with Crippen LogP contribution < -0.4 is 16.0 Å². The summed E-state index contributed by atoms with van der Waals surface area (Å²) in [6.45, 7) is 9.27. The summed E-state index contributed by atoms with van der Waals surface area (Å²) in [5.74, 6) is 0.700. The van der Waals surface area contributed by atoms with Gasteiger partial charge in [-0.1, -0.05) is 18.5 Å². The van der Waals surface area contributed by atoms with Crippen LogP contribution in [0.25, 0.3) is 0 Å². The molecule has 0 aromatic heterocycles. The van der Waals surface area contributed by atoms with E-state index in [9.17, 15) is 4.79 Å². The molecule has 27 heavy (non-hydrogen) atoms. The molecule has 1 aliphatic heterocycles. The first-order valence-electron chi connectivity index (χ1n) is 9.44. The lowest BCUT2D eigenvalue weighted by molar-refractivity contribution is 0.0954. The molecule has 1 atom stereocenters. The topological polar surface area (TPSA) is 68.8 Å². The van der Waals surface area contributed by atoms with Gasteiger partial charge in [0.05, 0.1) is 6.54 Å². The highest BCUT2D eigenvalue weighted by Gasteiger charge is 2.22. The van der Waals surface area contributed by atoms with E-state index in [2.05, 4.69) is 27.8 Å². The van der Waals surface area contributed by atoms with Crippen molar-refractivity contribution >= 4 is 47.4 Å². The van der Waals surface area contributed by atoms with E-state index in [0.29, 0.717) is 29.7 Å². The molecule has 8 heteroatoms. The van der Waals surface area contributed by atoms with Crippen LogP contribution in [0, 0.1) is 0 Å². The summed E-state index contributed by atoms with van der Waals surface area (Å²) < 4.78 is 0. The van der Waals surface area contributed by atoms with Gasteiger partial charge in [0, 0.05) is 36.3 Å². The highest BCUT2D eigenvalue weighted by molar-refractivity contribution is 14.0. The van der Waals surface area contributed by atoms with Gasteiger partial charge in [-0.2, -0.15) is 0 Å². The number of likely N-dealkylation sites (tertiary alicyclic amines) is 1. The number of guanidine groups is 1. The molecule has 0 aliphatic carbocycles. The van der Waals surface area contributed by atoms with E-state index in [1.165, 1.54) is 19.4 Å².